The molecule has 1 spiro atoms. The van der Waals surface area contributed by atoms with E-state index in [0.29, 0.717) is 0 Å². The fourth-order valence-electron chi connectivity index (χ4n) is 3.87. The van der Waals surface area contributed by atoms with Gasteiger partial charge in [-0.05, 0) is 75.2 Å². The summed E-state index contributed by atoms with van der Waals surface area (Å²) in [7, 11) is -1.09. The summed E-state index contributed by atoms with van der Waals surface area (Å²) in [5.41, 5.74) is 3.68. The van der Waals surface area contributed by atoms with E-state index in [2.05, 4.69) is 22.2 Å². The van der Waals surface area contributed by atoms with Crippen molar-refractivity contribution in [3.63, 3.8) is 0 Å². The molecule has 0 saturated carbocycles. The van der Waals surface area contributed by atoms with Crippen LogP contribution in [0.5, 0.6) is 0 Å². The molecule has 1 aromatic carbocycles. The first kappa shape index (κ1) is 17.1. The van der Waals surface area contributed by atoms with Crippen LogP contribution in [-0.2, 0) is 24.0 Å². The van der Waals surface area contributed by atoms with Gasteiger partial charge in [-0.2, -0.15) is 0 Å². The number of rotatable bonds is 3. The predicted octanol–water partition coefficient (Wildman–Crippen LogP) is 2.20. The molecule has 1 aliphatic heterocycles. The maximum atomic E-state index is 12.7. The zero-order valence-electron chi connectivity index (χ0n) is 14.3. The van der Waals surface area contributed by atoms with Crippen LogP contribution >= 0.6 is 0 Å². The van der Waals surface area contributed by atoms with Crippen LogP contribution in [0.4, 0.5) is 0 Å². The highest BCUT2D eigenvalue weighted by Gasteiger charge is 2.47. The quantitative estimate of drug-likeness (QED) is 0.793. The maximum Gasteiger partial charge on any atom is 0.0976 e. The van der Waals surface area contributed by atoms with E-state index >= 15 is 0 Å². The van der Waals surface area contributed by atoms with Crippen molar-refractivity contribution in [3.05, 3.63) is 34.9 Å². The van der Waals surface area contributed by atoms with Crippen LogP contribution < -0.4 is 10.0 Å². The Balaban J connectivity index is 1.96. The first-order valence-electron chi connectivity index (χ1n) is 8.47. The summed E-state index contributed by atoms with van der Waals surface area (Å²) in [4.78, 5) is 0. The van der Waals surface area contributed by atoms with Gasteiger partial charge in [0.2, 0.25) is 0 Å². The molecule has 128 valence electrons. The highest BCUT2D eigenvalue weighted by Crippen LogP contribution is 2.51. The second-order valence-electron chi connectivity index (χ2n) is 7.91. The average Bonchev–Trinajstić information content (AvgIpc) is 2.79. The lowest BCUT2D eigenvalue weighted by Crippen LogP contribution is -2.46. The number of aliphatic hydroxyl groups excluding tert-OH is 1. The monoisotopic (exact) mass is 336 g/mol. The van der Waals surface area contributed by atoms with E-state index in [1.807, 2.05) is 26.8 Å². The standard InChI is InChI=1S/C18H28N2O2S/c1-17(2,3)23(22)20-16-15-5-4-13(12-21)10-14(15)11-18(16)6-8-19-9-7-18/h4-5,10,16,19-21H,6-9,11-12H2,1-3H3/t16-,23?/m1/s1. The molecule has 0 aromatic heterocycles. The first-order valence-corrected chi connectivity index (χ1v) is 9.62. The number of nitrogens with one attached hydrogen (secondary N) is 2. The second kappa shape index (κ2) is 6.28. The second-order valence-corrected chi connectivity index (χ2v) is 9.91. The van der Waals surface area contributed by atoms with Crippen molar-refractivity contribution in [3.8, 4) is 0 Å². The third kappa shape index (κ3) is 3.25. The van der Waals surface area contributed by atoms with Crippen molar-refractivity contribution < 1.29 is 9.32 Å². The van der Waals surface area contributed by atoms with Gasteiger partial charge in [0.15, 0.2) is 0 Å². The lowest BCUT2D eigenvalue weighted by molar-refractivity contribution is 0.164. The first-order chi connectivity index (χ1) is 10.9. The number of benzene rings is 1. The molecule has 5 heteroatoms. The Bertz CT molecular complexity index is 604. The van der Waals surface area contributed by atoms with E-state index < -0.39 is 11.0 Å². The molecule has 4 nitrogen and oxygen atoms in total. The molecule has 0 bridgehead atoms. The normalized spacial score (nSPS) is 24.6. The molecule has 1 saturated heterocycles. The topological polar surface area (TPSA) is 61.4 Å². The number of piperidine rings is 1. The molecule has 1 unspecified atom stereocenters. The van der Waals surface area contributed by atoms with Crippen molar-refractivity contribution in [1.29, 1.82) is 0 Å². The Kier molecular flexibility index (Phi) is 4.67. The Labute approximate surface area is 141 Å². The van der Waals surface area contributed by atoms with E-state index in [0.717, 1.165) is 37.9 Å². The molecule has 1 aromatic rings. The van der Waals surface area contributed by atoms with Crippen molar-refractivity contribution >= 4 is 11.0 Å². The molecule has 2 atom stereocenters. The van der Waals surface area contributed by atoms with Gasteiger partial charge in [-0.3, -0.25) is 0 Å². The van der Waals surface area contributed by atoms with E-state index in [1.165, 1.54) is 11.1 Å². The lowest BCUT2D eigenvalue weighted by atomic mass is 9.73. The summed E-state index contributed by atoms with van der Waals surface area (Å²) in [6.45, 7) is 8.14. The number of fused-ring (bicyclic) bond motifs is 1. The molecule has 1 fully saturated rings. The minimum absolute atomic E-state index is 0.0772. The average molecular weight is 337 g/mol. The highest BCUT2D eigenvalue weighted by atomic mass is 32.2. The van der Waals surface area contributed by atoms with Gasteiger partial charge < -0.3 is 10.4 Å². The van der Waals surface area contributed by atoms with Gasteiger partial charge in [0.25, 0.3) is 0 Å². The zero-order chi connectivity index (χ0) is 16.7. The molecule has 3 N–H and O–H groups in total. The Hall–Kier alpha value is -0.750. The van der Waals surface area contributed by atoms with Gasteiger partial charge in [0.1, 0.15) is 0 Å². The predicted molar refractivity (Wildman–Crippen MR) is 94.4 cm³/mol. The minimum atomic E-state index is -1.09. The van der Waals surface area contributed by atoms with Gasteiger partial charge in [-0.15, -0.1) is 0 Å². The third-order valence-corrected chi connectivity index (χ3v) is 6.80. The summed E-state index contributed by atoms with van der Waals surface area (Å²) in [6.07, 6.45) is 3.20. The van der Waals surface area contributed by atoms with Crippen LogP contribution in [0.3, 0.4) is 0 Å². The van der Waals surface area contributed by atoms with Crippen LogP contribution in [0, 0.1) is 5.41 Å². The molecule has 3 rings (SSSR count). The van der Waals surface area contributed by atoms with Gasteiger partial charge >= 0.3 is 0 Å². The molecular weight excluding hydrogens is 308 g/mol. The fraction of sp³-hybridized carbons (Fsp3) is 0.667. The molecule has 23 heavy (non-hydrogen) atoms. The van der Waals surface area contributed by atoms with Gasteiger partial charge in [0, 0.05) is 0 Å². The van der Waals surface area contributed by atoms with E-state index in [9.17, 15) is 9.32 Å². The summed E-state index contributed by atoms with van der Waals surface area (Å²) in [5.74, 6) is 0. The molecule has 1 aliphatic carbocycles. The van der Waals surface area contributed by atoms with E-state index in [1.54, 1.807) is 0 Å². The number of hydrogen-bond acceptors (Lipinski definition) is 3. The van der Waals surface area contributed by atoms with Gasteiger partial charge in [-0.25, -0.2) is 8.93 Å². The smallest absolute Gasteiger partial charge is 0.0976 e. The Morgan fingerprint density at radius 2 is 2.04 bits per heavy atom. The SMILES string of the molecule is CC(C)(C)S(=O)N[C@@H]1c2ccc(CO)cc2CC12CCNCC2. The summed E-state index contributed by atoms with van der Waals surface area (Å²) >= 11 is 0. The Morgan fingerprint density at radius 3 is 2.65 bits per heavy atom. The summed E-state index contributed by atoms with van der Waals surface area (Å²) in [5, 5.41) is 12.9. The largest absolute Gasteiger partial charge is 0.392 e. The summed E-state index contributed by atoms with van der Waals surface area (Å²) in [6, 6.07) is 6.37. The number of hydrogen-bond donors (Lipinski definition) is 3. The van der Waals surface area contributed by atoms with Crippen LogP contribution in [-0.4, -0.2) is 27.2 Å². The van der Waals surface area contributed by atoms with Crippen LogP contribution in [0.25, 0.3) is 0 Å². The van der Waals surface area contributed by atoms with Crippen molar-refractivity contribution in [2.75, 3.05) is 13.1 Å². The fourth-order valence-corrected chi connectivity index (χ4v) is 4.81. The van der Waals surface area contributed by atoms with Crippen molar-refractivity contribution in [2.24, 2.45) is 5.41 Å². The van der Waals surface area contributed by atoms with Gasteiger partial charge in [-0.1, -0.05) is 18.2 Å². The third-order valence-electron chi connectivity index (χ3n) is 5.24. The summed E-state index contributed by atoms with van der Waals surface area (Å²) < 4.78 is 15.9. The molecule has 1 heterocycles. The van der Waals surface area contributed by atoms with Crippen molar-refractivity contribution in [2.45, 2.75) is 57.4 Å². The Morgan fingerprint density at radius 1 is 1.35 bits per heavy atom. The minimum Gasteiger partial charge on any atom is -0.392 e. The molecular formula is C18H28N2O2S. The highest BCUT2D eigenvalue weighted by molar-refractivity contribution is 7.84. The molecule has 2 aliphatic rings. The van der Waals surface area contributed by atoms with E-state index in [4.69, 9.17) is 0 Å². The van der Waals surface area contributed by atoms with Crippen LogP contribution in [0.1, 0.15) is 56.3 Å². The van der Waals surface area contributed by atoms with Gasteiger partial charge in [0.05, 0.1) is 28.4 Å². The maximum absolute atomic E-state index is 12.7. The molecule has 0 radical (unpaired) electrons. The molecule has 0 amide bonds. The zero-order valence-corrected chi connectivity index (χ0v) is 15.1. The van der Waals surface area contributed by atoms with Crippen molar-refractivity contribution in [1.82, 2.24) is 10.0 Å². The number of aliphatic hydroxyl groups is 1. The van der Waals surface area contributed by atoms with E-state index in [-0.39, 0.29) is 22.8 Å². The van der Waals surface area contributed by atoms with Crippen LogP contribution in [0.2, 0.25) is 0 Å². The van der Waals surface area contributed by atoms with Crippen LogP contribution in [0.15, 0.2) is 18.2 Å². The lowest BCUT2D eigenvalue weighted by Gasteiger charge is -2.40.